The van der Waals surface area contributed by atoms with Crippen LogP contribution in [0.3, 0.4) is 0 Å². The van der Waals surface area contributed by atoms with Gasteiger partial charge in [-0.1, -0.05) is 12.1 Å². The van der Waals surface area contributed by atoms with Crippen LogP contribution in [-0.2, 0) is 9.47 Å². The summed E-state index contributed by atoms with van der Waals surface area (Å²) in [4.78, 5) is 11.7. The Morgan fingerprint density at radius 3 is 2.76 bits per heavy atom. The highest BCUT2D eigenvalue weighted by molar-refractivity contribution is 5.96. The van der Waals surface area contributed by atoms with Gasteiger partial charge in [0.1, 0.15) is 11.9 Å². The molecule has 1 unspecified atom stereocenters. The number of rotatable bonds is 3. The van der Waals surface area contributed by atoms with Crippen LogP contribution in [-0.4, -0.2) is 37.3 Å². The van der Waals surface area contributed by atoms with Crippen molar-refractivity contribution in [2.45, 2.75) is 44.3 Å². The molecule has 4 heteroatoms. The van der Waals surface area contributed by atoms with E-state index in [0.717, 1.165) is 38.9 Å². The Morgan fingerprint density at radius 2 is 2.00 bits per heavy atom. The van der Waals surface area contributed by atoms with Crippen molar-refractivity contribution in [1.82, 2.24) is 0 Å². The second-order valence-corrected chi connectivity index (χ2v) is 5.93. The van der Waals surface area contributed by atoms with Gasteiger partial charge in [-0.2, -0.15) is 0 Å². The summed E-state index contributed by atoms with van der Waals surface area (Å²) < 4.78 is 17.6. The molecule has 1 aromatic rings. The third-order valence-electron chi connectivity index (χ3n) is 4.41. The first kappa shape index (κ1) is 14.5. The smallest absolute Gasteiger partial charge is 0.163 e. The average Bonchev–Trinajstić information content (AvgIpc) is 2.48. The largest absolute Gasteiger partial charge is 0.489 e. The molecule has 3 rings (SSSR count). The lowest BCUT2D eigenvalue weighted by atomic mass is 9.85. The molecule has 1 aromatic carbocycles. The van der Waals surface area contributed by atoms with Crippen molar-refractivity contribution in [1.29, 1.82) is 0 Å². The fraction of sp³-hybridized carbons (Fsp3) is 0.588. The van der Waals surface area contributed by atoms with Gasteiger partial charge in [-0.05, 0) is 31.9 Å². The second kappa shape index (κ2) is 6.16. The van der Waals surface area contributed by atoms with Crippen LogP contribution in [0.15, 0.2) is 24.3 Å². The molecule has 2 saturated heterocycles. The monoisotopic (exact) mass is 290 g/mol. The van der Waals surface area contributed by atoms with Crippen LogP contribution in [0.5, 0.6) is 5.75 Å². The molecule has 2 aliphatic heterocycles. The molecule has 2 aliphatic rings. The summed E-state index contributed by atoms with van der Waals surface area (Å²) in [7, 11) is 0. The molecule has 4 nitrogen and oxygen atoms in total. The zero-order chi connectivity index (χ0) is 14.7. The molecule has 1 spiro atoms. The van der Waals surface area contributed by atoms with E-state index in [4.69, 9.17) is 14.2 Å². The summed E-state index contributed by atoms with van der Waals surface area (Å²) in [5.41, 5.74) is 0.566. The first-order valence-electron chi connectivity index (χ1n) is 7.67. The number of hydrogen-bond donors (Lipinski definition) is 0. The van der Waals surface area contributed by atoms with Crippen LogP contribution in [0.25, 0.3) is 0 Å². The first-order valence-corrected chi connectivity index (χ1v) is 7.67. The number of ketones is 1. The molecule has 0 radical (unpaired) electrons. The Morgan fingerprint density at radius 1 is 1.24 bits per heavy atom. The van der Waals surface area contributed by atoms with Gasteiger partial charge in [-0.15, -0.1) is 0 Å². The number of carbonyl (C=O) groups excluding carboxylic acids is 1. The summed E-state index contributed by atoms with van der Waals surface area (Å²) in [6.45, 7) is 3.81. The Hall–Kier alpha value is -1.39. The number of para-hydroxylation sites is 1. The van der Waals surface area contributed by atoms with Gasteiger partial charge in [0.2, 0.25) is 0 Å². The van der Waals surface area contributed by atoms with Gasteiger partial charge in [0.05, 0.1) is 17.8 Å². The van der Waals surface area contributed by atoms with E-state index in [1.807, 2.05) is 24.3 Å². The maximum Gasteiger partial charge on any atom is 0.163 e. The Kier molecular flexibility index (Phi) is 4.27. The van der Waals surface area contributed by atoms with E-state index < -0.39 is 0 Å². The number of ether oxygens (including phenoxy) is 3. The van der Waals surface area contributed by atoms with Crippen LogP contribution >= 0.6 is 0 Å². The normalized spacial score (nSPS) is 24.7. The molecule has 0 saturated carbocycles. The fourth-order valence-corrected chi connectivity index (χ4v) is 3.22. The number of Topliss-reactive ketones (excluding diaryl/α,β-unsaturated/α-hetero) is 1. The van der Waals surface area contributed by atoms with Crippen LogP contribution in [0.4, 0.5) is 0 Å². The molecule has 2 heterocycles. The highest BCUT2D eigenvalue weighted by Gasteiger charge is 2.40. The minimum absolute atomic E-state index is 0.0402. The maximum absolute atomic E-state index is 11.7. The molecule has 0 amide bonds. The van der Waals surface area contributed by atoms with Gasteiger partial charge in [0.25, 0.3) is 0 Å². The van der Waals surface area contributed by atoms with E-state index in [1.54, 1.807) is 6.92 Å². The van der Waals surface area contributed by atoms with Gasteiger partial charge in [0, 0.05) is 26.1 Å². The molecule has 2 fully saturated rings. The van der Waals surface area contributed by atoms with Crippen molar-refractivity contribution < 1.29 is 19.0 Å². The lowest BCUT2D eigenvalue weighted by molar-refractivity contribution is -0.155. The van der Waals surface area contributed by atoms with Crippen LogP contribution < -0.4 is 4.74 Å². The van der Waals surface area contributed by atoms with Gasteiger partial charge in [-0.3, -0.25) is 4.79 Å². The molecule has 0 aliphatic carbocycles. The van der Waals surface area contributed by atoms with E-state index in [-0.39, 0.29) is 17.5 Å². The van der Waals surface area contributed by atoms with Gasteiger partial charge in [0.15, 0.2) is 5.78 Å². The summed E-state index contributed by atoms with van der Waals surface area (Å²) in [5, 5.41) is 0. The lowest BCUT2D eigenvalue weighted by Gasteiger charge is -2.43. The Labute approximate surface area is 125 Å². The van der Waals surface area contributed by atoms with Crippen molar-refractivity contribution in [2.75, 3.05) is 19.8 Å². The number of benzene rings is 1. The average molecular weight is 290 g/mol. The molecular weight excluding hydrogens is 268 g/mol. The van der Waals surface area contributed by atoms with Crippen molar-refractivity contribution in [3.8, 4) is 5.75 Å². The highest BCUT2D eigenvalue weighted by Crippen LogP contribution is 2.36. The molecule has 114 valence electrons. The van der Waals surface area contributed by atoms with Crippen molar-refractivity contribution in [3.63, 3.8) is 0 Å². The predicted octanol–water partition coefficient (Wildman–Crippen LogP) is 3.00. The molecule has 0 N–H and O–H groups in total. The standard InChI is InChI=1S/C17H22O4/c1-13(18)15-4-2-3-5-16(15)21-14-6-9-20-17(12-14)7-10-19-11-8-17/h2-5,14H,6-12H2,1H3. The van der Waals surface area contributed by atoms with Crippen molar-refractivity contribution >= 4 is 5.78 Å². The molecule has 0 bridgehead atoms. The summed E-state index contributed by atoms with van der Waals surface area (Å²) in [6.07, 6.45) is 3.72. The summed E-state index contributed by atoms with van der Waals surface area (Å²) in [5.74, 6) is 0.734. The van der Waals surface area contributed by atoms with Crippen molar-refractivity contribution in [3.05, 3.63) is 29.8 Å². The Balaban J connectivity index is 1.71. The second-order valence-electron chi connectivity index (χ2n) is 5.93. The van der Waals surface area contributed by atoms with Crippen LogP contribution in [0.2, 0.25) is 0 Å². The third kappa shape index (κ3) is 3.27. The number of carbonyl (C=O) groups is 1. The van der Waals surface area contributed by atoms with Gasteiger partial charge >= 0.3 is 0 Å². The third-order valence-corrected chi connectivity index (χ3v) is 4.41. The quantitative estimate of drug-likeness (QED) is 0.803. The van der Waals surface area contributed by atoms with E-state index in [9.17, 15) is 4.79 Å². The molecule has 0 aromatic heterocycles. The number of hydrogen-bond acceptors (Lipinski definition) is 4. The fourth-order valence-electron chi connectivity index (χ4n) is 3.22. The predicted molar refractivity (Wildman–Crippen MR) is 78.8 cm³/mol. The van der Waals surface area contributed by atoms with Crippen LogP contribution in [0.1, 0.15) is 43.0 Å². The SMILES string of the molecule is CC(=O)c1ccccc1OC1CCOC2(CCOCC2)C1. The lowest BCUT2D eigenvalue weighted by Crippen LogP contribution is -2.47. The first-order chi connectivity index (χ1) is 10.2. The zero-order valence-electron chi connectivity index (χ0n) is 12.5. The summed E-state index contributed by atoms with van der Waals surface area (Å²) >= 11 is 0. The van der Waals surface area contributed by atoms with Crippen LogP contribution in [0, 0.1) is 0 Å². The van der Waals surface area contributed by atoms with Gasteiger partial charge < -0.3 is 14.2 Å². The maximum atomic E-state index is 11.7. The van der Waals surface area contributed by atoms with E-state index >= 15 is 0 Å². The van der Waals surface area contributed by atoms with Gasteiger partial charge in [-0.25, -0.2) is 0 Å². The molecular formula is C17H22O4. The highest BCUT2D eigenvalue weighted by atomic mass is 16.5. The van der Waals surface area contributed by atoms with E-state index in [0.29, 0.717) is 17.9 Å². The topological polar surface area (TPSA) is 44.8 Å². The van der Waals surface area contributed by atoms with E-state index in [2.05, 4.69) is 0 Å². The van der Waals surface area contributed by atoms with Crippen molar-refractivity contribution in [2.24, 2.45) is 0 Å². The minimum Gasteiger partial charge on any atom is -0.489 e. The zero-order valence-corrected chi connectivity index (χ0v) is 12.5. The summed E-state index contributed by atoms with van der Waals surface area (Å²) in [6, 6.07) is 7.48. The van der Waals surface area contributed by atoms with E-state index in [1.165, 1.54) is 0 Å². The Bertz CT molecular complexity index is 500. The molecule has 21 heavy (non-hydrogen) atoms. The molecule has 1 atom stereocenters. The minimum atomic E-state index is -0.0909.